The molecule has 4 nitrogen and oxygen atoms in total. The molecular weight excluding hydrogens is 209 g/mol. The number of rotatable bonds is 0. The highest BCUT2D eigenvalue weighted by atomic mass is 19.4. The number of aromatic amines is 1. The summed E-state index contributed by atoms with van der Waals surface area (Å²) in [5.41, 5.74) is 11.5. The first kappa shape index (κ1) is 9.63. The van der Waals surface area contributed by atoms with Crippen LogP contribution in [-0.2, 0) is 6.18 Å². The molecule has 0 aliphatic rings. The number of nitrogen functional groups attached to an aromatic ring is 2. The Morgan fingerprint density at radius 1 is 1.20 bits per heavy atom. The van der Waals surface area contributed by atoms with Gasteiger partial charge in [-0.15, -0.1) is 0 Å². The predicted molar refractivity (Wildman–Crippen MR) is 49.9 cm³/mol. The summed E-state index contributed by atoms with van der Waals surface area (Å²) >= 11 is 0. The van der Waals surface area contributed by atoms with E-state index in [-0.39, 0.29) is 22.4 Å². The number of halogens is 3. The number of nitrogens with two attached hydrogens (primary N) is 2. The molecule has 0 amide bonds. The maximum absolute atomic E-state index is 12.3. The van der Waals surface area contributed by atoms with E-state index in [1.807, 2.05) is 0 Å². The highest BCUT2D eigenvalue weighted by Crippen LogP contribution is 2.31. The zero-order chi connectivity index (χ0) is 11.2. The van der Waals surface area contributed by atoms with E-state index in [1.54, 1.807) is 0 Å². The van der Waals surface area contributed by atoms with Gasteiger partial charge in [-0.1, -0.05) is 0 Å². The average Bonchev–Trinajstić information content (AvgIpc) is 2.55. The van der Waals surface area contributed by atoms with Gasteiger partial charge in [0.2, 0.25) is 5.82 Å². The molecule has 1 heterocycles. The van der Waals surface area contributed by atoms with Crippen molar-refractivity contribution in [2.24, 2.45) is 0 Å². The minimum Gasteiger partial charge on any atom is -0.397 e. The van der Waals surface area contributed by atoms with Crippen LogP contribution in [0.4, 0.5) is 24.5 Å². The third kappa shape index (κ3) is 1.45. The van der Waals surface area contributed by atoms with E-state index >= 15 is 0 Å². The molecule has 5 N–H and O–H groups in total. The Labute approximate surface area is 82.1 Å². The standard InChI is InChI=1S/C8H7F3N4/c9-8(10,11)7-14-4-2-1-3(12)5(13)6(4)15-7/h1-2H,12-13H2,(H,14,15). The van der Waals surface area contributed by atoms with Crippen molar-refractivity contribution in [2.45, 2.75) is 6.18 Å². The molecule has 0 atom stereocenters. The summed E-state index contributed by atoms with van der Waals surface area (Å²) in [5.74, 6) is -1.07. The molecule has 0 unspecified atom stereocenters. The summed E-state index contributed by atoms with van der Waals surface area (Å²) in [6.07, 6.45) is -4.51. The average molecular weight is 216 g/mol. The lowest BCUT2D eigenvalue weighted by molar-refractivity contribution is -0.144. The third-order valence-electron chi connectivity index (χ3n) is 2.00. The number of alkyl halides is 3. The largest absolute Gasteiger partial charge is 0.449 e. The SMILES string of the molecule is Nc1ccc2[nH]c(C(F)(F)F)nc2c1N. The number of imidazole rings is 1. The van der Waals surface area contributed by atoms with Crippen LogP contribution in [0.3, 0.4) is 0 Å². The fourth-order valence-corrected chi connectivity index (χ4v) is 1.25. The summed E-state index contributed by atoms with van der Waals surface area (Å²) in [6.45, 7) is 0. The molecule has 1 aromatic carbocycles. The van der Waals surface area contributed by atoms with Crippen LogP contribution in [0.1, 0.15) is 5.82 Å². The minimum atomic E-state index is -4.51. The fourth-order valence-electron chi connectivity index (χ4n) is 1.25. The van der Waals surface area contributed by atoms with Crippen LogP contribution in [0, 0.1) is 0 Å². The third-order valence-corrected chi connectivity index (χ3v) is 2.00. The summed E-state index contributed by atoms with van der Waals surface area (Å²) in [6, 6.07) is 2.83. The van der Waals surface area contributed by atoms with Crippen molar-refractivity contribution in [1.82, 2.24) is 9.97 Å². The lowest BCUT2D eigenvalue weighted by atomic mass is 10.2. The van der Waals surface area contributed by atoms with Gasteiger partial charge in [-0.3, -0.25) is 0 Å². The van der Waals surface area contributed by atoms with Gasteiger partial charge in [0.05, 0.1) is 16.9 Å². The number of fused-ring (bicyclic) bond motifs is 1. The smallest absolute Gasteiger partial charge is 0.397 e. The molecule has 7 heteroatoms. The van der Waals surface area contributed by atoms with Gasteiger partial charge in [0.1, 0.15) is 5.52 Å². The number of hydrogen-bond acceptors (Lipinski definition) is 3. The molecule has 0 aliphatic heterocycles. The molecule has 0 radical (unpaired) electrons. The second-order valence-electron chi connectivity index (χ2n) is 3.05. The van der Waals surface area contributed by atoms with Gasteiger partial charge in [-0.25, -0.2) is 4.98 Å². The number of benzene rings is 1. The minimum absolute atomic E-state index is 0.0438. The molecule has 0 saturated carbocycles. The quantitative estimate of drug-likeness (QED) is 0.587. The van der Waals surface area contributed by atoms with E-state index in [4.69, 9.17) is 11.5 Å². The molecule has 0 saturated heterocycles. The topological polar surface area (TPSA) is 80.7 Å². The zero-order valence-corrected chi connectivity index (χ0v) is 7.39. The predicted octanol–water partition coefficient (Wildman–Crippen LogP) is 1.75. The number of nitrogens with zero attached hydrogens (tertiary/aromatic N) is 1. The second-order valence-corrected chi connectivity index (χ2v) is 3.05. The van der Waals surface area contributed by atoms with E-state index in [0.29, 0.717) is 0 Å². The second kappa shape index (κ2) is 2.78. The summed E-state index contributed by atoms with van der Waals surface area (Å²) in [5, 5.41) is 0. The van der Waals surface area contributed by atoms with Gasteiger partial charge in [0, 0.05) is 0 Å². The summed E-state index contributed by atoms with van der Waals surface area (Å²) in [4.78, 5) is 5.49. The number of hydrogen-bond donors (Lipinski definition) is 3. The number of anilines is 2. The van der Waals surface area contributed by atoms with E-state index < -0.39 is 12.0 Å². The van der Waals surface area contributed by atoms with Gasteiger partial charge in [-0.2, -0.15) is 13.2 Å². The Hall–Kier alpha value is -1.92. The Morgan fingerprint density at radius 2 is 1.87 bits per heavy atom. The fraction of sp³-hybridized carbons (Fsp3) is 0.125. The van der Waals surface area contributed by atoms with Crippen LogP contribution in [-0.4, -0.2) is 9.97 Å². The number of H-pyrrole nitrogens is 1. The van der Waals surface area contributed by atoms with Gasteiger partial charge in [-0.05, 0) is 12.1 Å². The summed E-state index contributed by atoms with van der Waals surface area (Å²) < 4.78 is 36.9. The summed E-state index contributed by atoms with van der Waals surface area (Å²) in [7, 11) is 0. The molecule has 0 bridgehead atoms. The molecule has 2 rings (SSSR count). The lowest BCUT2D eigenvalue weighted by Gasteiger charge is -1.99. The zero-order valence-electron chi connectivity index (χ0n) is 7.39. The number of aromatic nitrogens is 2. The van der Waals surface area contributed by atoms with Gasteiger partial charge >= 0.3 is 6.18 Å². The highest BCUT2D eigenvalue weighted by molar-refractivity contribution is 5.93. The van der Waals surface area contributed by atoms with E-state index in [2.05, 4.69) is 9.97 Å². The molecular formula is C8H7F3N4. The Balaban J connectivity index is 2.72. The molecule has 1 aromatic heterocycles. The Kier molecular flexibility index (Phi) is 1.79. The van der Waals surface area contributed by atoms with Crippen molar-refractivity contribution in [3.8, 4) is 0 Å². The normalized spacial score (nSPS) is 12.2. The van der Waals surface area contributed by atoms with E-state index in [0.717, 1.165) is 0 Å². The molecule has 15 heavy (non-hydrogen) atoms. The monoisotopic (exact) mass is 216 g/mol. The van der Waals surface area contributed by atoms with Gasteiger partial charge in [0.25, 0.3) is 0 Å². The number of nitrogens with one attached hydrogen (secondary N) is 1. The Bertz CT molecular complexity index is 514. The van der Waals surface area contributed by atoms with Crippen LogP contribution < -0.4 is 11.5 Å². The maximum Gasteiger partial charge on any atom is 0.449 e. The van der Waals surface area contributed by atoms with E-state index in [1.165, 1.54) is 12.1 Å². The highest BCUT2D eigenvalue weighted by Gasteiger charge is 2.35. The first-order valence-electron chi connectivity index (χ1n) is 4.00. The molecule has 0 spiro atoms. The lowest BCUT2D eigenvalue weighted by Crippen LogP contribution is -2.06. The van der Waals surface area contributed by atoms with Crippen molar-refractivity contribution < 1.29 is 13.2 Å². The van der Waals surface area contributed by atoms with Crippen LogP contribution in [0.15, 0.2) is 12.1 Å². The van der Waals surface area contributed by atoms with Crippen LogP contribution in [0.25, 0.3) is 11.0 Å². The first-order chi connectivity index (χ1) is 6.89. The van der Waals surface area contributed by atoms with Crippen molar-refractivity contribution in [3.05, 3.63) is 18.0 Å². The van der Waals surface area contributed by atoms with Crippen LogP contribution in [0.5, 0.6) is 0 Å². The van der Waals surface area contributed by atoms with Gasteiger partial charge < -0.3 is 16.5 Å². The van der Waals surface area contributed by atoms with Crippen molar-refractivity contribution in [3.63, 3.8) is 0 Å². The molecule has 0 aliphatic carbocycles. The Morgan fingerprint density at radius 3 is 2.47 bits per heavy atom. The molecule has 0 fully saturated rings. The maximum atomic E-state index is 12.3. The molecule has 80 valence electrons. The van der Waals surface area contributed by atoms with Crippen molar-refractivity contribution in [1.29, 1.82) is 0 Å². The van der Waals surface area contributed by atoms with Crippen molar-refractivity contribution in [2.75, 3.05) is 11.5 Å². The van der Waals surface area contributed by atoms with Crippen LogP contribution in [0.2, 0.25) is 0 Å². The molecule has 2 aromatic rings. The van der Waals surface area contributed by atoms with Crippen molar-refractivity contribution >= 4 is 22.4 Å². The van der Waals surface area contributed by atoms with Gasteiger partial charge in [0.15, 0.2) is 0 Å². The van der Waals surface area contributed by atoms with Crippen LogP contribution >= 0.6 is 0 Å². The van der Waals surface area contributed by atoms with E-state index in [9.17, 15) is 13.2 Å². The first-order valence-corrected chi connectivity index (χ1v) is 4.00.